The van der Waals surface area contributed by atoms with Crippen LogP contribution in [0.2, 0.25) is 0 Å². The first kappa shape index (κ1) is 37.6. The van der Waals surface area contributed by atoms with Crippen LogP contribution in [0.4, 0.5) is 16.9 Å². The van der Waals surface area contributed by atoms with Gasteiger partial charge in [0, 0.05) is 11.1 Å². The third-order valence-electron chi connectivity index (χ3n) is 6.72. The summed E-state index contributed by atoms with van der Waals surface area (Å²) in [5.41, 5.74) is 3.25. The van der Waals surface area contributed by atoms with E-state index in [0.29, 0.717) is 0 Å². The predicted octanol–water partition coefficient (Wildman–Crippen LogP) is 9.32. The summed E-state index contributed by atoms with van der Waals surface area (Å²) in [6.45, 7) is 4.60. The number of hydrogen-bond acceptors (Lipinski definition) is 0. The van der Waals surface area contributed by atoms with E-state index in [1.54, 1.807) is 18.3 Å². The molecule has 0 aliphatic rings. The Morgan fingerprint density at radius 2 is 0.725 bits per heavy atom. The van der Waals surface area contributed by atoms with Gasteiger partial charge in [0.25, 0.3) is 0 Å². The molecule has 0 radical (unpaired) electrons. The Bertz CT molecular complexity index is 858. The maximum atomic E-state index is 9.93. The first-order chi connectivity index (χ1) is 18.8. The second kappa shape index (κ2) is 19.0. The molecule has 0 bridgehead atoms. The fourth-order valence-electron chi connectivity index (χ4n) is 4.59. The Morgan fingerprint density at radius 1 is 0.450 bits per heavy atom. The molecule has 0 amide bonds. The van der Waals surface area contributed by atoms with Crippen molar-refractivity contribution in [1.82, 2.24) is 0 Å². The Hall–Kier alpha value is -0.432. The number of aryl methyl sites for hydroxylation is 2. The summed E-state index contributed by atoms with van der Waals surface area (Å²) < 4.78 is 62.9. The minimum atomic E-state index is -11.2. The first-order valence-electron chi connectivity index (χ1n) is 15.2. The monoisotopic (exact) mass is 796 g/mol. The Balaban J connectivity index is 0.00000101. The Labute approximate surface area is 252 Å². The van der Waals surface area contributed by atoms with Crippen LogP contribution in [0, 0.1) is 7.14 Å². The molecule has 40 heavy (non-hydrogen) atoms. The topological polar surface area (TPSA) is 0 Å². The summed E-state index contributed by atoms with van der Waals surface area (Å²) in [6, 6.07) is 18.6. The minimum absolute atomic E-state index is 0.0878. The molecule has 2 rings (SSSR count). The van der Waals surface area contributed by atoms with E-state index in [-0.39, 0.29) is 21.2 Å². The Morgan fingerprint density at radius 3 is 1.05 bits per heavy atom. The molecule has 0 aliphatic carbocycles. The molecule has 0 fully saturated rings. The molecule has 0 aliphatic heterocycles. The number of rotatable bonds is 20. The molecular formula is C32H50F6ISb. The van der Waals surface area contributed by atoms with E-state index in [9.17, 15) is 16.9 Å². The van der Waals surface area contributed by atoms with Crippen LogP contribution in [-0.4, -0.2) is 19.5 Å². The van der Waals surface area contributed by atoms with Gasteiger partial charge < -0.3 is 0 Å². The SMILES string of the molecule is CCCCCCCCCCc1ccccc1[I+]c1ccccc1CCCCCCCCCC.[F][Sb-]([F])([F])([F])([F])[F]. The van der Waals surface area contributed by atoms with Crippen molar-refractivity contribution < 1.29 is 38.1 Å². The molecule has 8 heteroatoms. The quantitative estimate of drug-likeness (QED) is 0.0543. The van der Waals surface area contributed by atoms with Gasteiger partial charge in [-0.25, -0.2) is 0 Å². The van der Waals surface area contributed by atoms with Crippen molar-refractivity contribution >= 4 is 19.5 Å². The standard InChI is InChI=1S/C32H50I.6FH.Sb/c1-3-5-7-9-11-13-15-17-23-29-25-19-21-27-31(29)33-32-28-22-20-26-30(32)24-18-16-14-12-10-8-6-4-2;;;;;;;/h19-22,25-28H,3-18,23-24H2,1-2H3;6*1H;/q+1;;;;;;;+5/p-6. The molecule has 2 aromatic rings. The number of benzene rings is 2. The van der Waals surface area contributed by atoms with Crippen molar-refractivity contribution in [2.24, 2.45) is 0 Å². The molecule has 0 atom stereocenters. The number of halogens is 7. The van der Waals surface area contributed by atoms with Crippen molar-refractivity contribution in [2.45, 2.75) is 129 Å². The summed E-state index contributed by atoms with van der Waals surface area (Å²) in [7, 11) is 0. The zero-order valence-corrected chi connectivity index (χ0v) is 29.1. The average Bonchev–Trinajstić information content (AvgIpc) is 2.87. The van der Waals surface area contributed by atoms with Crippen molar-refractivity contribution in [1.29, 1.82) is 0 Å². The zero-order chi connectivity index (χ0) is 29.8. The summed E-state index contributed by atoms with van der Waals surface area (Å²) in [6.07, 6.45) is 25.0. The summed E-state index contributed by atoms with van der Waals surface area (Å²) in [4.78, 5) is 0. The van der Waals surface area contributed by atoms with Gasteiger partial charge >= 0.3 is 57.6 Å². The van der Waals surface area contributed by atoms with E-state index in [1.165, 1.54) is 116 Å². The van der Waals surface area contributed by atoms with Gasteiger partial charge in [-0.3, -0.25) is 0 Å². The van der Waals surface area contributed by atoms with E-state index < -0.39 is 19.5 Å². The predicted molar refractivity (Wildman–Crippen MR) is 155 cm³/mol. The van der Waals surface area contributed by atoms with Crippen LogP contribution in [0.3, 0.4) is 0 Å². The van der Waals surface area contributed by atoms with Gasteiger partial charge in [-0.15, -0.1) is 0 Å². The summed E-state index contributed by atoms with van der Waals surface area (Å²) >= 11 is -11.3. The summed E-state index contributed by atoms with van der Waals surface area (Å²) in [5.74, 6) is 0. The molecule has 0 spiro atoms. The van der Waals surface area contributed by atoms with Gasteiger partial charge in [0.05, 0.1) is 0 Å². The van der Waals surface area contributed by atoms with E-state index in [1.807, 2.05) is 0 Å². The molecule has 2 aromatic carbocycles. The number of hydrogen-bond donors (Lipinski definition) is 0. The van der Waals surface area contributed by atoms with Crippen LogP contribution in [0.5, 0.6) is 0 Å². The van der Waals surface area contributed by atoms with Crippen LogP contribution in [0.25, 0.3) is 0 Å². The van der Waals surface area contributed by atoms with Gasteiger partial charge in [0.1, 0.15) is 0 Å². The molecule has 0 unspecified atom stereocenters. The first-order valence-corrected chi connectivity index (χ1v) is 23.1. The van der Waals surface area contributed by atoms with Crippen LogP contribution >= 0.6 is 0 Å². The molecule has 0 saturated carbocycles. The zero-order valence-electron chi connectivity index (χ0n) is 24.4. The molecule has 0 saturated heterocycles. The van der Waals surface area contributed by atoms with E-state index in [4.69, 9.17) is 0 Å². The van der Waals surface area contributed by atoms with Gasteiger partial charge in [-0.2, -0.15) is 0 Å². The fraction of sp³-hybridized carbons (Fsp3) is 0.625. The van der Waals surface area contributed by atoms with Crippen molar-refractivity contribution in [3.63, 3.8) is 0 Å². The third kappa shape index (κ3) is 24.2. The molecule has 0 aromatic heterocycles. The molecule has 0 N–H and O–H groups in total. The summed E-state index contributed by atoms with van der Waals surface area (Å²) in [5, 5.41) is 0. The van der Waals surface area contributed by atoms with Crippen molar-refractivity contribution in [2.75, 3.05) is 0 Å². The molecule has 232 valence electrons. The maximum absolute atomic E-state index is 11.2. The van der Waals surface area contributed by atoms with E-state index >= 15 is 0 Å². The van der Waals surface area contributed by atoms with E-state index in [2.05, 4.69) is 62.4 Å². The number of unbranched alkanes of at least 4 members (excludes halogenated alkanes) is 14. The van der Waals surface area contributed by atoms with Crippen molar-refractivity contribution in [3.05, 3.63) is 66.8 Å². The van der Waals surface area contributed by atoms with Crippen LogP contribution in [0.15, 0.2) is 48.5 Å². The van der Waals surface area contributed by atoms with Gasteiger partial charge in [0.2, 0.25) is 0 Å². The molecular weight excluding hydrogens is 747 g/mol. The Kier molecular flexibility index (Phi) is 17.8. The molecule has 0 heterocycles. The third-order valence-corrected chi connectivity index (χ3v) is 9.99. The van der Waals surface area contributed by atoms with Crippen molar-refractivity contribution in [3.8, 4) is 0 Å². The molecule has 0 nitrogen and oxygen atoms in total. The van der Waals surface area contributed by atoms with Crippen LogP contribution < -0.4 is 21.2 Å². The normalized spacial score (nSPS) is 13.3. The second-order valence-corrected chi connectivity index (χ2v) is 19.0. The second-order valence-electron chi connectivity index (χ2n) is 10.7. The average molecular weight is 797 g/mol. The van der Waals surface area contributed by atoms with Gasteiger partial charge in [-0.1, -0.05) is 140 Å². The van der Waals surface area contributed by atoms with Gasteiger partial charge in [-0.05, 0) is 37.8 Å². The van der Waals surface area contributed by atoms with Gasteiger partial charge in [0.15, 0.2) is 7.14 Å². The van der Waals surface area contributed by atoms with E-state index in [0.717, 1.165) is 0 Å². The van der Waals surface area contributed by atoms with Crippen LogP contribution in [0.1, 0.15) is 128 Å². The van der Waals surface area contributed by atoms with Crippen LogP contribution in [-0.2, 0) is 12.8 Å². The fourth-order valence-corrected chi connectivity index (χ4v) is 7.59.